The molecule has 0 spiro atoms. The van der Waals surface area contributed by atoms with Gasteiger partial charge in [0.15, 0.2) is 0 Å². The Morgan fingerprint density at radius 1 is 1.15 bits per heavy atom. The molecule has 0 atom stereocenters. The van der Waals surface area contributed by atoms with Crippen molar-refractivity contribution in [1.82, 2.24) is 5.32 Å². The Morgan fingerprint density at radius 2 is 1.85 bits per heavy atom. The highest BCUT2D eigenvalue weighted by molar-refractivity contribution is 6.00. The van der Waals surface area contributed by atoms with E-state index < -0.39 is 16.7 Å². The van der Waals surface area contributed by atoms with Gasteiger partial charge >= 0.3 is 0 Å². The number of nitrogens with zero attached hydrogens (tertiary/aromatic N) is 1. The van der Waals surface area contributed by atoms with E-state index in [1.165, 1.54) is 24.3 Å². The number of aromatic hydroxyl groups is 1. The number of nitrogens with one attached hydrogen (secondary N) is 2. The Labute approximate surface area is 156 Å². The maximum Gasteiger partial charge on any atom is 0.270 e. The number of phenolic OH excluding ortho intramolecular Hbond substituents is 1. The molecule has 0 radical (unpaired) electrons. The van der Waals surface area contributed by atoms with Crippen molar-refractivity contribution in [2.45, 2.75) is 26.2 Å². The molecule has 8 nitrogen and oxygen atoms in total. The van der Waals surface area contributed by atoms with Gasteiger partial charge in [-0.2, -0.15) is 0 Å². The molecule has 0 aromatic heterocycles. The molecule has 2 amide bonds. The van der Waals surface area contributed by atoms with Crippen LogP contribution in [0.25, 0.3) is 0 Å². The van der Waals surface area contributed by atoms with Gasteiger partial charge in [0.25, 0.3) is 11.6 Å². The zero-order chi connectivity index (χ0) is 20.2. The van der Waals surface area contributed by atoms with Crippen molar-refractivity contribution in [3.05, 3.63) is 63.7 Å². The largest absolute Gasteiger partial charge is 0.506 e. The number of non-ortho nitro benzene ring substituents is 1. The second kappa shape index (κ2) is 7.86. The normalized spacial score (nSPS) is 10.9. The Kier molecular flexibility index (Phi) is 5.79. The first kappa shape index (κ1) is 19.9. The van der Waals surface area contributed by atoms with Crippen molar-refractivity contribution in [1.29, 1.82) is 0 Å². The maximum atomic E-state index is 12.1. The van der Waals surface area contributed by atoms with E-state index in [4.69, 9.17) is 0 Å². The van der Waals surface area contributed by atoms with Crippen molar-refractivity contribution in [2.75, 3.05) is 11.9 Å². The Hall–Kier alpha value is -3.42. The molecule has 2 aromatic carbocycles. The number of phenols is 1. The van der Waals surface area contributed by atoms with E-state index in [1.807, 2.05) is 20.8 Å². The number of benzene rings is 2. The standard InChI is InChI=1S/C19H21N3O5/c1-19(2,3)13-7-8-16(23)15(10-13)21-17(24)11-20-18(25)12-5-4-6-14(9-12)22(26)27/h4-10,23H,11H2,1-3H3,(H,20,25)(H,21,24). The highest BCUT2D eigenvalue weighted by Gasteiger charge is 2.17. The summed E-state index contributed by atoms with van der Waals surface area (Å²) in [5, 5.41) is 25.6. The van der Waals surface area contributed by atoms with Crippen molar-refractivity contribution in [3.63, 3.8) is 0 Å². The predicted octanol–water partition coefficient (Wildman–Crippen LogP) is 2.97. The highest BCUT2D eigenvalue weighted by Crippen LogP contribution is 2.30. The average Bonchev–Trinajstić information content (AvgIpc) is 2.60. The van der Waals surface area contributed by atoms with Crippen LogP contribution < -0.4 is 10.6 Å². The number of carbonyl (C=O) groups is 2. The minimum atomic E-state index is -0.610. The molecule has 2 aromatic rings. The number of amides is 2. The molecule has 8 heteroatoms. The number of nitro groups is 1. The Balaban J connectivity index is 2.01. The smallest absolute Gasteiger partial charge is 0.270 e. The first-order chi connectivity index (χ1) is 12.6. The third-order valence-corrected chi connectivity index (χ3v) is 3.87. The third kappa shape index (κ3) is 5.27. The zero-order valence-electron chi connectivity index (χ0n) is 15.3. The van der Waals surface area contributed by atoms with Crippen LogP contribution in [0.1, 0.15) is 36.7 Å². The molecule has 2 rings (SSSR count). The van der Waals surface area contributed by atoms with E-state index in [9.17, 15) is 24.8 Å². The van der Waals surface area contributed by atoms with Crippen LogP contribution in [0, 0.1) is 10.1 Å². The van der Waals surface area contributed by atoms with Gasteiger partial charge in [0, 0.05) is 17.7 Å². The molecule has 0 heterocycles. The number of anilines is 1. The maximum absolute atomic E-state index is 12.1. The molecule has 3 N–H and O–H groups in total. The number of nitro benzene ring substituents is 1. The van der Waals surface area contributed by atoms with Crippen molar-refractivity contribution in [2.24, 2.45) is 0 Å². The second-order valence-electron chi connectivity index (χ2n) is 7.02. The minimum absolute atomic E-state index is 0.0783. The van der Waals surface area contributed by atoms with Gasteiger partial charge in [-0.25, -0.2) is 0 Å². The molecule has 0 saturated heterocycles. The molecule has 0 saturated carbocycles. The fraction of sp³-hybridized carbons (Fsp3) is 0.263. The number of carbonyl (C=O) groups excluding carboxylic acids is 2. The molecule has 0 aliphatic rings. The lowest BCUT2D eigenvalue weighted by Gasteiger charge is -2.20. The fourth-order valence-corrected chi connectivity index (χ4v) is 2.32. The van der Waals surface area contributed by atoms with Crippen LogP contribution >= 0.6 is 0 Å². The summed E-state index contributed by atoms with van der Waals surface area (Å²) in [5.74, 6) is -1.22. The summed E-state index contributed by atoms with van der Waals surface area (Å²) in [6.45, 7) is 5.67. The molecule has 0 aliphatic heterocycles. The lowest BCUT2D eigenvalue weighted by atomic mass is 9.87. The van der Waals surface area contributed by atoms with Gasteiger partial charge in [0.2, 0.25) is 5.91 Å². The molecule has 27 heavy (non-hydrogen) atoms. The van der Waals surface area contributed by atoms with Crippen LogP contribution in [0.3, 0.4) is 0 Å². The van der Waals surface area contributed by atoms with Gasteiger partial charge in [0.05, 0.1) is 17.2 Å². The van der Waals surface area contributed by atoms with Gasteiger partial charge in [-0.3, -0.25) is 19.7 Å². The van der Waals surface area contributed by atoms with Crippen molar-refractivity contribution < 1.29 is 19.6 Å². The van der Waals surface area contributed by atoms with E-state index in [2.05, 4.69) is 10.6 Å². The first-order valence-electron chi connectivity index (χ1n) is 8.24. The van der Waals surface area contributed by atoms with Crippen molar-refractivity contribution >= 4 is 23.2 Å². The molecule has 142 valence electrons. The van der Waals surface area contributed by atoms with E-state index in [-0.39, 0.29) is 34.6 Å². The molecular weight excluding hydrogens is 350 g/mol. The molecule has 0 aliphatic carbocycles. The topological polar surface area (TPSA) is 122 Å². The quantitative estimate of drug-likeness (QED) is 0.424. The summed E-state index contributed by atoms with van der Waals surface area (Å²) in [6, 6.07) is 10.2. The molecule has 0 unspecified atom stereocenters. The highest BCUT2D eigenvalue weighted by atomic mass is 16.6. The summed E-state index contributed by atoms with van der Waals surface area (Å²) < 4.78 is 0. The van der Waals surface area contributed by atoms with Crippen LogP contribution in [-0.4, -0.2) is 28.4 Å². The van der Waals surface area contributed by atoms with Gasteiger partial charge in [-0.1, -0.05) is 32.9 Å². The van der Waals surface area contributed by atoms with Gasteiger partial charge in [-0.05, 0) is 29.2 Å². The van der Waals surface area contributed by atoms with E-state index in [0.717, 1.165) is 11.6 Å². The van der Waals surface area contributed by atoms with E-state index in [0.29, 0.717) is 0 Å². The summed E-state index contributed by atoms with van der Waals surface area (Å²) in [4.78, 5) is 34.3. The molecular formula is C19H21N3O5. The number of rotatable bonds is 5. The van der Waals surface area contributed by atoms with Gasteiger partial charge in [-0.15, -0.1) is 0 Å². The third-order valence-electron chi connectivity index (χ3n) is 3.87. The van der Waals surface area contributed by atoms with E-state index in [1.54, 1.807) is 12.1 Å². The Bertz CT molecular complexity index is 887. The van der Waals surface area contributed by atoms with Gasteiger partial charge < -0.3 is 15.7 Å². The monoisotopic (exact) mass is 371 g/mol. The molecule has 0 fully saturated rings. The fourth-order valence-electron chi connectivity index (χ4n) is 2.32. The van der Waals surface area contributed by atoms with Crippen LogP contribution in [0.5, 0.6) is 5.75 Å². The summed E-state index contributed by atoms with van der Waals surface area (Å²) in [5.41, 5.74) is 0.877. The van der Waals surface area contributed by atoms with Crippen LogP contribution in [0.4, 0.5) is 11.4 Å². The summed E-state index contributed by atoms with van der Waals surface area (Å²) in [7, 11) is 0. The Morgan fingerprint density at radius 3 is 2.48 bits per heavy atom. The first-order valence-corrected chi connectivity index (χ1v) is 8.24. The second-order valence-corrected chi connectivity index (χ2v) is 7.02. The van der Waals surface area contributed by atoms with Gasteiger partial charge in [0.1, 0.15) is 5.75 Å². The SMILES string of the molecule is CC(C)(C)c1ccc(O)c(NC(=O)CNC(=O)c2cccc([N+](=O)[O-])c2)c1. The van der Waals surface area contributed by atoms with Crippen LogP contribution in [-0.2, 0) is 10.2 Å². The van der Waals surface area contributed by atoms with Crippen molar-refractivity contribution in [3.8, 4) is 5.75 Å². The predicted molar refractivity (Wildman–Crippen MR) is 101 cm³/mol. The number of hydrogen-bond acceptors (Lipinski definition) is 5. The molecule has 0 bridgehead atoms. The lowest BCUT2D eigenvalue weighted by Crippen LogP contribution is -2.33. The summed E-state index contributed by atoms with van der Waals surface area (Å²) in [6.07, 6.45) is 0. The zero-order valence-corrected chi connectivity index (χ0v) is 15.3. The van der Waals surface area contributed by atoms with Crippen LogP contribution in [0.2, 0.25) is 0 Å². The van der Waals surface area contributed by atoms with E-state index >= 15 is 0 Å². The lowest BCUT2D eigenvalue weighted by molar-refractivity contribution is -0.384. The minimum Gasteiger partial charge on any atom is -0.506 e. The van der Waals surface area contributed by atoms with Crippen LogP contribution in [0.15, 0.2) is 42.5 Å². The average molecular weight is 371 g/mol. The number of hydrogen-bond donors (Lipinski definition) is 3. The summed E-state index contributed by atoms with van der Waals surface area (Å²) >= 11 is 0.